The lowest BCUT2D eigenvalue weighted by Crippen LogP contribution is -2.49. The second-order valence-electron chi connectivity index (χ2n) is 7.48. The molecule has 1 aliphatic rings. The van der Waals surface area contributed by atoms with Gasteiger partial charge in [0.25, 0.3) is 0 Å². The molecule has 0 radical (unpaired) electrons. The largest absolute Gasteiger partial charge is 0.451 e. The molecule has 2 aromatic carbocycles. The number of amides is 1. The first kappa shape index (κ1) is 24.5. The summed E-state index contributed by atoms with van der Waals surface area (Å²) in [6, 6.07) is 7.76. The van der Waals surface area contributed by atoms with Crippen LogP contribution >= 0.6 is 0 Å². The van der Waals surface area contributed by atoms with E-state index in [9.17, 15) is 31.6 Å². The van der Waals surface area contributed by atoms with Crippen LogP contribution in [0.5, 0.6) is 0 Å². The van der Waals surface area contributed by atoms with Crippen LogP contribution in [-0.2, 0) is 19.6 Å². The van der Waals surface area contributed by atoms with E-state index in [1.165, 1.54) is 36.4 Å². The molecule has 11 heteroatoms. The van der Waals surface area contributed by atoms with Crippen molar-refractivity contribution in [3.63, 3.8) is 0 Å². The summed E-state index contributed by atoms with van der Waals surface area (Å²) < 4.78 is 58.7. The molecule has 0 unspecified atom stereocenters. The molecule has 0 N–H and O–H groups in total. The zero-order valence-corrected chi connectivity index (χ0v) is 18.8. The third-order valence-electron chi connectivity index (χ3n) is 5.25. The van der Waals surface area contributed by atoms with E-state index in [0.29, 0.717) is 6.07 Å². The first-order valence-electron chi connectivity index (χ1n) is 10.1. The number of carbonyl (C=O) groups excluding carboxylic acids is 3. The Morgan fingerprint density at radius 3 is 2.21 bits per heavy atom. The van der Waals surface area contributed by atoms with Crippen LogP contribution < -0.4 is 0 Å². The fourth-order valence-corrected chi connectivity index (χ4v) is 4.81. The van der Waals surface area contributed by atoms with Crippen LogP contribution in [0.3, 0.4) is 0 Å². The van der Waals surface area contributed by atoms with Gasteiger partial charge in [0.05, 0.1) is 10.5 Å². The van der Waals surface area contributed by atoms with E-state index in [0.717, 1.165) is 18.2 Å². The molecule has 1 amide bonds. The number of rotatable bonds is 6. The molecule has 1 heterocycles. The van der Waals surface area contributed by atoms with Crippen molar-refractivity contribution in [3.8, 4) is 0 Å². The van der Waals surface area contributed by atoms with E-state index in [1.807, 2.05) is 0 Å². The molecule has 1 saturated heterocycles. The number of ketones is 1. The third kappa shape index (κ3) is 5.42. The maximum absolute atomic E-state index is 13.4. The highest BCUT2D eigenvalue weighted by Crippen LogP contribution is 2.20. The molecule has 1 fully saturated rings. The fourth-order valence-electron chi connectivity index (χ4n) is 3.34. The molecule has 0 spiro atoms. The lowest BCUT2D eigenvalue weighted by molar-refractivity contribution is -0.129. The second-order valence-corrected chi connectivity index (χ2v) is 9.42. The Hall–Kier alpha value is -3.18. The molecule has 0 aliphatic carbocycles. The number of Topliss-reactive ketones (excluding diaryl/α,β-unsaturated/α-hetero) is 1. The van der Waals surface area contributed by atoms with Gasteiger partial charge < -0.3 is 9.64 Å². The lowest BCUT2D eigenvalue weighted by Gasteiger charge is -2.33. The van der Waals surface area contributed by atoms with Crippen LogP contribution in [0.2, 0.25) is 0 Å². The maximum atomic E-state index is 13.4. The molecular weight excluding hydrogens is 458 g/mol. The summed E-state index contributed by atoms with van der Waals surface area (Å²) in [6.45, 7) is 3.46. The molecule has 0 bridgehead atoms. The van der Waals surface area contributed by atoms with Gasteiger partial charge >= 0.3 is 5.97 Å². The van der Waals surface area contributed by atoms with Gasteiger partial charge in [-0.05, 0) is 43.3 Å². The van der Waals surface area contributed by atoms with Crippen LogP contribution in [0.1, 0.15) is 34.6 Å². The van der Waals surface area contributed by atoms with E-state index in [4.69, 9.17) is 4.74 Å². The van der Waals surface area contributed by atoms with E-state index in [-0.39, 0.29) is 48.1 Å². The van der Waals surface area contributed by atoms with Crippen LogP contribution in [0.25, 0.3) is 0 Å². The predicted molar refractivity (Wildman–Crippen MR) is 113 cm³/mol. The van der Waals surface area contributed by atoms with Gasteiger partial charge in [-0.25, -0.2) is 22.0 Å². The maximum Gasteiger partial charge on any atom is 0.338 e. The number of benzene rings is 2. The van der Waals surface area contributed by atoms with Crippen molar-refractivity contribution in [2.75, 3.05) is 26.2 Å². The number of ether oxygens (including phenoxy) is 1. The molecule has 1 atom stereocenters. The number of hydrogen-bond acceptors (Lipinski definition) is 6. The Bertz CT molecular complexity index is 1190. The SMILES string of the molecule is CC(=O)N1CCN(S(=O)(=O)c2cccc(C(=O)O[C@@H](C)C(=O)c3ccc(F)c(F)c3)c2)CC1. The Morgan fingerprint density at radius 1 is 0.939 bits per heavy atom. The Balaban J connectivity index is 1.72. The van der Waals surface area contributed by atoms with Gasteiger partial charge in [0.1, 0.15) is 0 Å². The highest BCUT2D eigenvalue weighted by molar-refractivity contribution is 7.89. The summed E-state index contributed by atoms with van der Waals surface area (Å²) in [4.78, 5) is 37.8. The molecule has 0 aromatic heterocycles. The summed E-state index contributed by atoms with van der Waals surface area (Å²) in [5.41, 5.74) is -0.265. The molecule has 2 aromatic rings. The lowest BCUT2D eigenvalue weighted by atomic mass is 10.1. The zero-order valence-electron chi connectivity index (χ0n) is 18.0. The first-order valence-corrected chi connectivity index (χ1v) is 11.5. The molecule has 8 nitrogen and oxygen atoms in total. The van der Waals surface area contributed by atoms with Gasteiger partial charge in [0.15, 0.2) is 17.7 Å². The Morgan fingerprint density at radius 2 is 1.61 bits per heavy atom. The van der Waals surface area contributed by atoms with Crippen molar-refractivity contribution < 1.29 is 36.3 Å². The van der Waals surface area contributed by atoms with Crippen molar-refractivity contribution in [2.45, 2.75) is 24.8 Å². The Labute approximate surface area is 189 Å². The predicted octanol–water partition coefficient (Wildman–Crippen LogP) is 2.25. The van der Waals surface area contributed by atoms with Gasteiger partial charge in [-0.2, -0.15) is 4.31 Å². The van der Waals surface area contributed by atoms with E-state index in [1.54, 1.807) is 4.90 Å². The second kappa shape index (κ2) is 9.75. The highest BCUT2D eigenvalue weighted by Gasteiger charge is 2.30. The number of piperazine rings is 1. The van der Waals surface area contributed by atoms with Crippen LogP contribution in [0.4, 0.5) is 8.78 Å². The van der Waals surface area contributed by atoms with Crippen molar-refractivity contribution in [2.24, 2.45) is 0 Å². The van der Waals surface area contributed by atoms with E-state index < -0.39 is 39.5 Å². The van der Waals surface area contributed by atoms with E-state index >= 15 is 0 Å². The number of esters is 1. The minimum absolute atomic E-state index is 0.0941. The standard InChI is InChI=1S/C22H22F2N2O6S/c1-14(21(28)16-6-7-19(23)20(24)13-16)32-22(29)17-4-3-5-18(12-17)33(30,31)26-10-8-25(9-11-26)15(2)27/h3-7,12-14H,8-11H2,1-2H3/t14-/m0/s1. The van der Waals surface area contributed by atoms with Crippen LogP contribution in [0.15, 0.2) is 47.4 Å². The molecule has 1 aliphatic heterocycles. The van der Waals surface area contributed by atoms with Crippen molar-refractivity contribution in [3.05, 3.63) is 65.2 Å². The minimum Gasteiger partial charge on any atom is -0.451 e. The summed E-state index contributed by atoms with van der Waals surface area (Å²) in [5.74, 6) is -4.14. The molecular formula is C22H22F2N2O6S. The average Bonchev–Trinajstić information content (AvgIpc) is 2.80. The molecule has 0 saturated carbocycles. The summed E-state index contributed by atoms with van der Waals surface area (Å²) >= 11 is 0. The zero-order chi connectivity index (χ0) is 24.3. The number of hydrogen-bond donors (Lipinski definition) is 0. The monoisotopic (exact) mass is 480 g/mol. The number of carbonyl (C=O) groups is 3. The smallest absolute Gasteiger partial charge is 0.338 e. The number of nitrogens with zero attached hydrogens (tertiary/aromatic N) is 2. The number of sulfonamides is 1. The summed E-state index contributed by atoms with van der Waals surface area (Å²) in [7, 11) is -3.92. The molecule has 3 rings (SSSR count). The van der Waals surface area contributed by atoms with Gasteiger partial charge in [-0.1, -0.05) is 6.07 Å². The topological polar surface area (TPSA) is 101 Å². The van der Waals surface area contributed by atoms with Crippen LogP contribution in [0, 0.1) is 11.6 Å². The van der Waals surface area contributed by atoms with Crippen molar-refractivity contribution in [1.82, 2.24) is 9.21 Å². The van der Waals surface area contributed by atoms with E-state index in [2.05, 4.69) is 0 Å². The Kier molecular flexibility index (Phi) is 7.23. The quantitative estimate of drug-likeness (QED) is 0.464. The average molecular weight is 480 g/mol. The fraction of sp³-hybridized carbons (Fsp3) is 0.318. The normalized spacial score (nSPS) is 15.7. The van der Waals surface area contributed by atoms with Gasteiger partial charge in [0, 0.05) is 38.7 Å². The van der Waals surface area contributed by atoms with Crippen molar-refractivity contribution in [1.29, 1.82) is 0 Å². The van der Waals surface area contributed by atoms with Crippen LogP contribution in [-0.4, -0.2) is 67.6 Å². The van der Waals surface area contributed by atoms with Gasteiger partial charge in [-0.3, -0.25) is 9.59 Å². The number of halogens is 2. The van der Waals surface area contributed by atoms with Gasteiger partial charge in [-0.15, -0.1) is 0 Å². The first-order chi connectivity index (χ1) is 15.5. The third-order valence-corrected chi connectivity index (χ3v) is 7.14. The minimum atomic E-state index is -3.92. The molecule has 33 heavy (non-hydrogen) atoms. The highest BCUT2D eigenvalue weighted by atomic mass is 32.2. The van der Waals surface area contributed by atoms with Gasteiger partial charge in [0.2, 0.25) is 21.7 Å². The summed E-state index contributed by atoms with van der Waals surface area (Å²) in [6.07, 6.45) is -1.32. The van der Waals surface area contributed by atoms with Crippen molar-refractivity contribution >= 4 is 27.7 Å². The summed E-state index contributed by atoms with van der Waals surface area (Å²) in [5, 5.41) is 0. The molecule has 176 valence electrons.